The first-order chi connectivity index (χ1) is 15.0. The molecule has 0 bridgehead atoms. The Morgan fingerprint density at radius 3 is 2.42 bits per heavy atom. The Labute approximate surface area is 176 Å². The zero-order chi connectivity index (χ0) is 21.5. The van der Waals surface area contributed by atoms with Gasteiger partial charge in [0.2, 0.25) is 5.88 Å². The molecule has 2 N–H and O–H groups in total. The average molecular weight is 412 g/mol. The number of hydrogen-bond acceptors (Lipinski definition) is 4. The van der Waals surface area contributed by atoms with E-state index in [0.717, 1.165) is 5.56 Å². The molecule has 2 aromatic heterocycles. The van der Waals surface area contributed by atoms with Gasteiger partial charge in [0.05, 0.1) is 11.9 Å². The minimum Gasteiger partial charge on any atom is -0.505 e. The maximum Gasteiger partial charge on any atom is 0.203 e. The standard InChI is InChI=1S/C25H17FN2O3/c26-17-10-8-15(9-11-17)13-28-14-19-20(23(29)16-5-2-1-3-6-16)18-7-4-12-27-22(18)24(30)21(19)25(28)31/h1-12,14,30-31H,13H2. The summed E-state index contributed by atoms with van der Waals surface area (Å²) in [6.45, 7) is 0.239. The van der Waals surface area contributed by atoms with Crippen molar-refractivity contribution in [2.24, 2.45) is 0 Å². The van der Waals surface area contributed by atoms with Gasteiger partial charge in [-0.25, -0.2) is 4.39 Å². The Morgan fingerprint density at radius 1 is 0.935 bits per heavy atom. The van der Waals surface area contributed by atoms with Crippen LogP contribution in [0.15, 0.2) is 79.1 Å². The number of halogens is 1. The number of carbonyl (C=O) groups is 1. The molecule has 2 heterocycles. The molecular formula is C25H17FN2O3. The normalized spacial score (nSPS) is 11.3. The van der Waals surface area contributed by atoms with Crippen LogP contribution in [0.1, 0.15) is 21.5 Å². The molecule has 6 heteroatoms. The Kier molecular flexibility index (Phi) is 4.40. The second kappa shape index (κ2) is 7.25. The van der Waals surface area contributed by atoms with Crippen LogP contribution in [0.5, 0.6) is 11.6 Å². The van der Waals surface area contributed by atoms with Crippen molar-refractivity contribution in [1.29, 1.82) is 0 Å². The third-order valence-corrected chi connectivity index (χ3v) is 5.39. The first-order valence-electron chi connectivity index (χ1n) is 9.70. The number of nitrogens with zero attached hydrogens (tertiary/aromatic N) is 2. The predicted octanol–water partition coefficient (Wildman–Crippen LogP) is 5.02. The van der Waals surface area contributed by atoms with Gasteiger partial charge in [-0.15, -0.1) is 0 Å². The molecule has 3 aromatic carbocycles. The summed E-state index contributed by atoms with van der Waals surface area (Å²) in [7, 11) is 0. The molecule has 5 aromatic rings. The van der Waals surface area contributed by atoms with Crippen molar-refractivity contribution in [3.63, 3.8) is 0 Å². The molecular weight excluding hydrogens is 395 g/mol. The van der Waals surface area contributed by atoms with Crippen LogP contribution in [0.25, 0.3) is 21.7 Å². The van der Waals surface area contributed by atoms with Crippen LogP contribution < -0.4 is 0 Å². The molecule has 0 atom stereocenters. The van der Waals surface area contributed by atoms with Gasteiger partial charge in [0.15, 0.2) is 11.5 Å². The predicted molar refractivity (Wildman–Crippen MR) is 116 cm³/mol. The lowest BCUT2D eigenvalue weighted by molar-refractivity contribution is 0.104. The quantitative estimate of drug-likeness (QED) is 0.407. The number of rotatable bonds is 4. The van der Waals surface area contributed by atoms with Crippen LogP contribution in [0, 0.1) is 5.82 Å². The summed E-state index contributed by atoms with van der Waals surface area (Å²) >= 11 is 0. The smallest absolute Gasteiger partial charge is 0.203 e. The Balaban J connectivity index is 1.78. The summed E-state index contributed by atoms with van der Waals surface area (Å²) < 4.78 is 14.8. The molecule has 5 nitrogen and oxygen atoms in total. The fourth-order valence-electron chi connectivity index (χ4n) is 3.91. The third kappa shape index (κ3) is 3.09. The van der Waals surface area contributed by atoms with E-state index >= 15 is 0 Å². The lowest BCUT2D eigenvalue weighted by Gasteiger charge is -2.10. The molecule has 0 radical (unpaired) electrons. The van der Waals surface area contributed by atoms with Crippen molar-refractivity contribution in [2.45, 2.75) is 6.54 Å². The van der Waals surface area contributed by atoms with Gasteiger partial charge in [0.1, 0.15) is 11.3 Å². The highest BCUT2D eigenvalue weighted by Crippen LogP contribution is 2.43. The van der Waals surface area contributed by atoms with Gasteiger partial charge in [0, 0.05) is 34.3 Å². The van der Waals surface area contributed by atoms with Crippen LogP contribution in [0.4, 0.5) is 4.39 Å². The Hall–Kier alpha value is -4.19. The van der Waals surface area contributed by atoms with Gasteiger partial charge in [-0.05, 0) is 23.8 Å². The van der Waals surface area contributed by atoms with Gasteiger partial charge >= 0.3 is 0 Å². The van der Waals surface area contributed by atoms with Gasteiger partial charge in [0.25, 0.3) is 0 Å². The van der Waals surface area contributed by atoms with E-state index in [1.54, 1.807) is 54.7 Å². The van der Waals surface area contributed by atoms with E-state index in [0.29, 0.717) is 21.9 Å². The number of aromatic nitrogens is 2. The minimum absolute atomic E-state index is 0.160. The zero-order valence-electron chi connectivity index (χ0n) is 16.3. The first-order valence-corrected chi connectivity index (χ1v) is 9.70. The molecule has 0 fully saturated rings. The van der Waals surface area contributed by atoms with E-state index < -0.39 is 0 Å². The second-order valence-corrected chi connectivity index (χ2v) is 7.31. The van der Waals surface area contributed by atoms with Crippen LogP contribution in [-0.2, 0) is 6.54 Å². The van der Waals surface area contributed by atoms with Crippen molar-refractivity contribution < 1.29 is 19.4 Å². The number of aromatic hydroxyl groups is 2. The van der Waals surface area contributed by atoms with Gasteiger partial charge in [-0.2, -0.15) is 0 Å². The topological polar surface area (TPSA) is 75.3 Å². The average Bonchev–Trinajstić information content (AvgIpc) is 3.12. The molecule has 31 heavy (non-hydrogen) atoms. The monoisotopic (exact) mass is 412 g/mol. The molecule has 0 aliphatic heterocycles. The minimum atomic E-state index is -0.351. The summed E-state index contributed by atoms with van der Waals surface area (Å²) in [5, 5.41) is 22.9. The fraction of sp³-hybridized carbons (Fsp3) is 0.0400. The molecule has 5 rings (SSSR count). The number of phenols is 1. The second-order valence-electron chi connectivity index (χ2n) is 7.31. The summed E-state index contributed by atoms with van der Waals surface area (Å²) in [5.74, 6) is -0.962. The zero-order valence-corrected chi connectivity index (χ0v) is 16.3. The van der Waals surface area contributed by atoms with Crippen molar-refractivity contribution in [3.8, 4) is 11.6 Å². The number of pyridine rings is 1. The van der Waals surface area contributed by atoms with E-state index in [-0.39, 0.29) is 40.7 Å². The number of benzene rings is 3. The van der Waals surface area contributed by atoms with Crippen LogP contribution in [0.2, 0.25) is 0 Å². The molecule has 152 valence electrons. The Bertz CT molecular complexity index is 1440. The van der Waals surface area contributed by atoms with Crippen molar-refractivity contribution in [2.75, 3.05) is 0 Å². The highest BCUT2D eigenvalue weighted by atomic mass is 19.1. The van der Waals surface area contributed by atoms with Gasteiger partial charge in [-0.3, -0.25) is 9.78 Å². The Morgan fingerprint density at radius 2 is 1.68 bits per heavy atom. The summed E-state index contributed by atoms with van der Waals surface area (Å²) in [6, 6.07) is 18.2. The molecule has 0 aliphatic carbocycles. The number of hydrogen-bond donors (Lipinski definition) is 2. The highest BCUT2D eigenvalue weighted by Gasteiger charge is 2.25. The van der Waals surface area contributed by atoms with E-state index in [4.69, 9.17) is 0 Å². The highest BCUT2D eigenvalue weighted by molar-refractivity contribution is 6.26. The van der Waals surface area contributed by atoms with E-state index in [1.165, 1.54) is 22.9 Å². The van der Waals surface area contributed by atoms with E-state index in [9.17, 15) is 19.4 Å². The molecule has 0 aliphatic rings. The summed E-state index contributed by atoms with van der Waals surface area (Å²) in [5.41, 5.74) is 1.85. The lowest BCUT2D eigenvalue weighted by Crippen LogP contribution is -2.03. The maximum atomic E-state index is 13.5. The van der Waals surface area contributed by atoms with E-state index in [2.05, 4.69) is 4.98 Å². The van der Waals surface area contributed by atoms with Crippen molar-refractivity contribution in [3.05, 3.63) is 102 Å². The number of fused-ring (bicyclic) bond motifs is 2. The number of ketones is 1. The van der Waals surface area contributed by atoms with Gasteiger partial charge in [-0.1, -0.05) is 48.5 Å². The van der Waals surface area contributed by atoms with Crippen LogP contribution >= 0.6 is 0 Å². The first kappa shape index (κ1) is 18.8. The van der Waals surface area contributed by atoms with E-state index in [1.807, 2.05) is 6.07 Å². The number of phenolic OH excluding ortho intramolecular Hbond substituents is 1. The lowest BCUT2D eigenvalue weighted by atomic mass is 9.94. The molecule has 0 unspecified atom stereocenters. The fourth-order valence-corrected chi connectivity index (χ4v) is 3.91. The number of carbonyl (C=O) groups excluding carboxylic acids is 1. The molecule has 0 saturated carbocycles. The summed E-state index contributed by atoms with van der Waals surface area (Å²) in [4.78, 5) is 17.7. The van der Waals surface area contributed by atoms with Crippen LogP contribution in [0.3, 0.4) is 0 Å². The molecule has 0 saturated heterocycles. The third-order valence-electron chi connectivity index (χ3n) is 5.39. The van der Waals surface area contributed by atoms with Crippen molar-refractivity contribution >= 4 is 27.5 Å². The largest absolute Gasteiger partial charge is 0.505 e. The maximum absolute atomic E-state index is 13.5. The van der Waals surface area contributed by atoms with Gasteiger partial charge < -0.3 is 14.8 Å². The molecule has 0 spiro atoms. The molecule has 0 amide bonds. The SMILES string of the molecule is O=C(c1ccccc1)c1c2cccnc2c(O)c2c(O)n(Cc3ccc(F)cc3)cc12. The van der Waals surface area contributed by atoms with Crippen LogP contribution in [-0.4, -0.2) is 25.5 Å². The van der Waals surface area contributed by atoms with Crippen molar-refractivity contribution in [1.82, 2.24) is 9.55 Å². The summed E-state index contributed by atoms with van der Waals surface area (Å²) in [6.07, 6.45) is 3.16.